The van der Waals surface area contributed by atoms with Gasteiger partial charge in [0, 0.05) is 10.9 Å². The van der Waals surface area contributed by atoms with Crippen LogP contribution in [0.15, 0.2) is 35.4 Å². The first-order valence-electron chi connectivity index (χ1n) is 4.10. The molecule has 2 aromatic rings. The van der Waals surface area contributed by atoms with Gasteiger partial charge in [-0.15, -0.1) is 11.8 Å². The summed E-state index contributed by atoms with van der Waals surface area (Å²) in [5.41, 5.74) is 1.23. The fourth-order valence-electron chi connectivity index (χ4n) is 1.28. The van der Waals surface area contributed by atoms with E-state index in [1.165, 1.54) is 15.9 Å². The van der Waals surface area contributed by atoms with Crippen LogP contribution in [0.5, 0.6) is 0 Å². The quantitative estimate of drug-likeness (QED) is 0.696. The van der Waals surface area contributed by atoms with Crippen molar-refractivity contribution in [1.29, 1.82) is 0 Å². The van der Waals surface area contributed by atoms with Gasteiger partial charge in [-0.2, -0.15) is 0 Å². The molecular formula is C10H11NS. The monoisotopic (exact) mass is 177 g/mol. The molecule has 1 heterocycles. The van der Waals surface area contributed by atoms with E-state index in [0.29, 0.717) is 0 Å². The molecule has 0 saturated heterocycles. The van der Waals surface area contributed by atoms with Crippen molar-refractivity contribution in [3.05, 3.63) is 30.3 Å². The van der Waals surface area contributed by atoms with Gasteiger partial charge in [-0.3, -0.25) is 0 Å². The van der Waals surface area contributed by atoms with Crippen molar-refractivity contribution in [3.8, 4) is 0 Å². The van der Waals surface area contributed by atoms with E-state index in [1.54, 1.807) is 0 Å². The predicted molar refractivity (Wildman–Crippen MR) is 54.7 cm³/mol. The molecule has 0 spiro atoms. The van der Waals surface area contributed by atoms with Crippen LogP contribution in [0.2, 0.25) is 0 Å². The molecule has 1 nitrogen and oxygen atoms in total. The highest BCUT2D eigenvalue weighted by molar-refractivity contribution is 7.99. The Hall–Kier alpha value is -0.890. The summed E-state index contributed by atoms with van der Waals surface area (Å²) >= 11 is 1.85. The maximum absolute atomic E-state index is 3.36. The first-order chi connectivity index (χ1) is 5.90. The molecule has 1 aromatic heterocycles. The summed E-state index contributed by atoms with van der Waals surface area (Å²) in [5.74, 6) is 1.12. The molecule has 0 fully saturated rings. The van der Waals surface area contributed by atoms with Crippen molar-refractivity contribution in [2.75, 3.05) is 5.75 Å². The van der Waals surface area contributed by atoms with E-state index in [2.05, 4.69) is 42.2 Å². The number of nitrogens with one attached hydrogen (secondary N) is 1. The summed E-state index contributed by atoms with van der Waals surface area (Å²) in [6.45, 7) is 2.16. The predicted octanol–water partition coefficient (Wildman–Crippen LogP) is 3.28. The largest absolute Gasteiger partial charge is 0.350 e. The summed E-state index contributed by atoms with van der Waals surface area (Å²) in [6, 6.07) is 10.6. The van der Waals surface area contributed by atoms with E-state index in [0.717, 1.165) is 5.75 Å². The molecule has 0 amide bonds. The third kappa shape index (κ3) is 1.34. The molecule has 12 heavy (non-hydrogen) atoms. The maximum Gasteiger partial charge on any atom is 0.0732 e. The second-order valence-corrected chi connectivity index (χ2v) is 3.96. The fourth-order valence-corrected chi connectivity index (χ4v) is 1.98. The highest BCUT2D eigenvalue weighted by Gasteiger charge is 1.97. The lowest BCUT2D eigenvalue weighted by molar-refractivity contribution is 1.24. The smallest absolute Gasteiger partial charge is 0.0732 e. The Labute approximate surface area is 76.2 Å². The molecule has 0 saturated carbocycles. The van der Waals surface area contributed by atoms with E-state index >= 15 is 0 Å². The first-order valence-corrected chi connectivity index (χ1v) is 5.09. The Morgan fingerprint density at radius 2 is 2.17 bits per heavy atom. The normalized spacial score (nSPS) is 10.8. The number of aromatic amines is 1. The topological polar surface area (TPSA) is 15.8 Å². The van der Waals surface area contributed by atoms with Gasteiger partial charge < -0.3 is 4.98 Å². The number of H-pyrrole nitrogens is 1. The van der Waals surface area contributed by atoms with Gasteiger partial charge in [-0.25, -0.2) is 0 Å². The van der Waals surface area contributed by atoms with Crippen molar-refractivity contribution in [3.63, 3.8) is 0 Å². The molecule has 0 radical (unpaired) electrons. The minimum absolute atomic E-state index is 1.12. The lowest BCUT2D eigenvalue weighted by Crippen LogP contribution is -1.69. The van der Waals surface area contributed by atoms with Crippen LogP contribution in [0.3, 0.4) is 0 Å². The Kier molecular flexibility index (Phi) is 2.09. The average molecular weight is 177 g/mol. The number of benzene rings is 1. The molecule has 0 aliphatic heterocycles. The lowest BCUT2D eigenvalue weighted by atomic mass is 10.3. The number of para-hydroxylation sites is 1. The standard InChI is InChI=1S/C10H11NS/c1-2-12-10-7-8-5-3-4-6-9(8)11-10/h3-7,11H,2H2,1H3. The zero-order valence-corrected chi connectivity index (χ0v) is 7.82. The van der Waals surface area contributed by atoms with Gasteiger partial charge >= 0.3 is 0 Å². The van der Waals surface area contributed by atoms with E-state index in [9.17, 15) is 0 Å². The minimum atomic E-state index is 1.12. The molecule has 62 valence electrons. The molecule has 0 aliphatic rings. The number of fused-ring (bicyclic) bond motifs is 1. The van der Waals surface area contributed by atoms with Crippen LogP contribution in [-0.2, 0) is 0 Å². The van der Waals surface area contributed by atoms with Crippen LogP contribution < -0.4 is 0 Å². The zero-order valence-electron chi connectivity index (χ0n) is 7.00. The minimum Gasteiger partial charge on any atom is -0.350 e. The maximum atomic E-state index is 3.36. The molecule has 1 N–H and O–H groups in total. The molecular weight excluding hydrogens is 166 g/mol. The van der Waals surface area contributed by atoms with E-state index in [-0.39, 0.29) is 0 Å². The fraction of sp³-hybridized carbons (Fsp3) is 0.200. The zero-order chi connectivity index (χ0) is 8.39. The van der Waals surface area contributed by atoms with Gasteiger partial charge in [-0.1, -0.05) is 25.1 Å². The van der Waals surface area contributed by atoms with Gasteiger partial charge in [0.2, 0.25) is 0 Å². The van der Waals surface area contributed by atoms with Crippen molar-refractivity contribution in [2.24, 2.45) is 0 Å². The molecule has 1 aromatic carbocycles. The Morgan fingerprint density at radius 3 is 2.92 bits per heavy atom. The third-order valence-corrected chi connectivity index (χ3v) is 2.62. The lowest BCUT2D eigenvalue weighted by Gasteiger charge is -1.88. The summed E-state index contributed by atoms with van der Waals surface area (Å²) in [4.78, 5) is 3.36. The van der Waals surface area contributed by atoms with Gasteiger partial charge in [0.25, 0.3) is 0 Å². The summed E-state index contributed by atoms with van der Waals surface area (Å²) in [7, 11) is 0. The Balaban J connectivity index is 2.47. The van der Waals surface area contributed by atoms with Crippen molar-refractivity contribution in [2.45, 2.75) is 11.9 Å². The second-order valence-electron chi connectivity index (χ2n) is 2.65. The van der Waals surface area contributed by atoms with Gasteiger partial charge in [0.15, 0.2) is 0 Å². The average Bonchev–Trinajstić information content (AvgIpc) is 2.47. The molecule has 0 aliphatic carbocycles. The van der Waals surface area contributed by atoms with E-state index < -0.39 is 0 Å². The van der Waals surface area contributed by atoms with Gasteiger partial charge in [0.1, 0.15) is 0 Å². The van der Waals surface area contributed by atoms with Crippen LogP contribution in [0.1, 0.15) is 6.92 Å². The summed E-state index contributed by atoms with van der Waals surface area (Å²) in [6.07, 6.45) is 0. The number of rotatable bonds is 2. The Morgan fingerprint density at radius 1 is 1.33 bits per heavy atom. The van der Waals surface area contributed by atoms with Crippen LogP contribution in [0, 0.1) is 0 Å². The van der Waals surface area contributed by atoms with Crippen molar-refractivity contribution >= 4 is 22.7 Å². The van der Waals surface area contributed by atoms with Crippen LogP contribution >= 0.6 is 11.8 Å². The molecule has 2 rings (SSSR count). The highest BCUT2D eigenvalue weighted by atomic mass is 32.2. The van der Waals surface area contributed by atoms with Crippen molar-refractivity contribution < 1.29 is 0 Å². The molecule has 2 heteroatoms. The van der Waals surface area contributed by atoms with Crippen LogP contribution in [0.25, 0.3) is 10.9 Å². The number of hydrogen-bond donors (Lipinski definition) is 1. The number of aromatic nitrogens is 1. The van der Waals surface area contributed by atoms with E-state index in [4.69, 9.17) is 0 Å². The van der Waals surface area contributed by atoms with Gasteiger partial charge in [0.05, 0.1) is 5.03 Å². The highest BCUT2D eigenvalue weighted by Crippen LogP contribution is 2.22. The summed E-state index contributed by atoms with van der Waals surface area (Å²) in [5, 5.41) is 2.56. The van der Waals surface area contributed by atoms with E-state index in [1.807, 2.05) is 11.8 Å². The number of thioether (sulfide) groups is 1. The SMILES string of the molecule is CCSc1cc2ccccc2[nH]1. The first kappa shape index (κ1) is 7.74. The second kappa shape index (κ2) is 3.23. The van der Waals surface area contributed by atoms with Gasteiger partial charge in [-0.05, 0) is 17.9 Å². The Bertz CT molecular complexity index is 345. The van der Waals surface area contributed by atoms with Crippen LogP contribution in [-0.4, -0.2) is 10.7 Å². The van der Waals surface area contributed by atoms with Crippen LogP contribution in [0.4, 0.5) is 0 Å². The third-order valence-electron chi connectivity index (χ3n) is 1.81. The molecule has 0 unspecified atom stereocenters. The molecule has 0 bridgehead atoms. The van der Waals surface area contributed by atoms with Crippen molar-refractivity contribution in [1.82, 2.24) is 4.98 Å². The number of hydrogen-bond acceptors (Lipinski definition) is 1. The summed E-state index contributed by atoms with van der Waals surface area (Å²) < 4.78 is 0. The molecule has 0 atom stereocenters.